The van der Waals surface area contributed by atoms with Crippen LogP contribution in [-0.4, -0.2) is 123 Å². The highest BCUT2D eigenvalue weighted by atomic mass is 16.4. The molecule has 5 N–H and O–H groups in total. The van der Waals surface area contributed by atoms with Crippen molar-refractivity contribution >= 4 is 29.6 Å². The molecule has 0 aliphatic carbocycles. The van der Waals surface area contributed by atoms with Crippen LogP contribution in [0.3, 0.4) is 0 Å². The molecule has 2 aliphatic rings. The number of hydrogen-bond donors (Lipinski definition) is 5. The zero-order valence-electron chi connectivity index (χ0n) is 26.5. The molecule has 0 spiro atoms. The molecule has 2 aliphatic heterocycles. The van der Waals surface area contributed by atoms with Crippen LogP contribution in [-0.2, 0) is 43.4 Å². The highest BCUT2D eigenvalue weighted by molar-refractivity contribution is 5.95. The van der Waals surface area contributed by atoms with Gasteiger partial charge in [0.2, 0.25) is 23.6 Å². The van der Waals surface area contributed by atoms with E-state index in [2.05, 4.69) is 31.6 Å². The molecule has 2 aromatic rings. The first kappa shape index (κ1) is 34.5. The lowest BCUT2D eigenvalue weighted by Gasteiger charge is -2.30. The van der Waals surface area contributed by atoms with E-state index in [1.54, 1.807) is 29.7 Å². The number of hydrogen-bond acceptors (Lipinski definition) is 9. The summed E-state index contributed by atoms with van der Waals surface area (Å²) in [5.74, 6) is -2.50. The maximum Gasteiger partial charge on any atom is 0.317 e. The zero-order valence-corrected chi connectivity index (χ0v) is 26.5. The van der Waals surface area contributed by atoms with Gasteiger partial charge in [-0.15, -0.1) is 5.10 Å². The van der Waals surface area contributed by atoms with Gasteiger partial charge in [0.15, 0.2) is 0 Å². The number of likely N-dealkylation sites (N-methyl/N-ethyl adjacent to an activating group) is 1. The molecule has 46 heavy (non-hydrogen) atoms. The lowest BCUT2D eigenvalue weighted by Crippen LogP contribution is -2.57. The second kappa shape index (κ2) is 16.8. The number of nitrogens with zero attached hydrogens (tertiary/aromatic N) is 5. The monoisotopic (exact) mass is 639 g/mol. The largest absolute Gasteiger partial charge is 0.480 e. The highest BCUT2D eigenvalue weighted by Gasteiger charge is 2.39. The number of carboxylic acid groups (broad SMARTS) is 1. The van der Waals surface area contributed by atoms with E-state index in [0.717, 1.165) is 5.56 Å². The summed E-state index contributed by atoms with van der Waals surface area (Å²) < 4.78 is 1.64. The molecule has 2 bridgehead atoms. The number of fused-ring (bicyclic) bond motifs is 3. The van der Waals surface area contributed by atoms with Crippen LogP contribution in [0, 0.1) is 0 Å². The number of rotatable bonds is 7. The number of nitrogens with one attached hydrogen (secondary N) is 4. The Labute approximate surface area is 268 Å². The molecule has 4 atom stereocenters. The Balaban J connectivity index is 1.60. The first-order valence-electron chi connectivity index (χ1n) is 15.9. The average Bonchev–Trinajstić information content (AvgIpc) is 3.72. The van der Waals surface area contributed by atoms with E-state index in [-0.39, 0.29) is 37.9 Å². The van der Waals surface area contributed by atoms with Crippen molar-refractivity contribution < 1.29 is 29.1 Å². The zero-order chi connectivity index (χ0) is 33.1. The lowest BCUT2D eigenvalue weighted by molar-refractivity contribution is -0.142. The van der Waals surface area contributed by atoms with Gasteiger partial charge in [-0.2, -0.15) is 0 Å². The summed E-state index contributed by atoms with van der Waals surface area (Å²) in [4.78, 5) is 68.7. The summed E-state index contributed by atoms with van der Waals surface area (Å²) in [5, 5.41) is 29.3. The number of benzene rings is 1. The maximum atomic E-state index is 13.9. The molecule has 1 aromatic carbocycles. The van der Waals surface area contributed by atoms with Crippen molar-refractivity contribution in [3.05, 3.63) is 47.8 Å². The Morgan fingerprint density at radius 2 is 1.83 bits per heavy atom. The van der Waals surface area contributed by atoms with Gasteiger partial charge in [0.05, 0.1) is 24.8 Å². The summed E-state index contributed by atoms with van der Waals surface area (Å²) in [7, 11) is 1.66. The Morgan fingerprint density at radius 1 is 1.04 bits per heavy atom. The van der Waals surface area contributed by atoms with Gasteiger partial charge in [-0.1, -0.05) is 35.5 Å². The van der Waals surface area contributed by atoms with E-state index < -0.39 is 42.0 Å². The van der Waals surface area contributed by atoms with Crippen molar-refractivity contribution in [2.75, 3.05) is 39.8 Å². The van der Waals surface area contributed by atoms with Gasteiger partial charge in [-0.3, -0.25) is 33.6 Å². The van der Waals surface area contributed by atoms with Crippen molar-refractivity contribution in [1.82, 2.24) is 46.1 Å². The van der Waals surface area contributed by atoms with Gasteiger partial charge < -0.3 is 31.3 Å². The van der Waals surface area contributed by atoms with Crippen LogP contribution < -0.4 is 21.3 Å². The van der Waals surface area contributed by atoms with Crippen molar-refractivity contribution in [3.63, 3.8) is 0 Å². The van der Waals surface area contributed by atoms with Crippen LogP contribution >= 0.6 is 0 Å². The van der Waals surface area contributed by atoms with Gasteiger partial charge in [0, 0.05) is 38.8 Å². The van der Waals surface area contributed by atoms with E-state index in [1.807, 2.05) is 30.3 Å². The Morgan fingerprint density at radius 3 is 2.57 bits per heavy atom. The van der Waals surface area contributed by atoms with Gasteiger partial charge in [-0.05, 0) is 51.6 Å². The lowest BCUT2D eigenvalue weighted by atomic mass is 10.0. The number of carbonyl (C=O) groups excluding carboxylic acids is 4. The number of aryl methyl sites for hydroxylation is 1. The minimum absolute atomic E-state index is 0.163. The van der Waals surface area contributed by atoms with E-state index in [4.69, 9.17) is 0 Å². The van der Waals surface area contributed by atoms with Crippen molar-refractivity contribution in [1.29, 1.82) is 0 Å². The van der Waals surface area contributed by atoms with Gasteiger partial charge in [0.25, 0.3) is 0 Å². The van der Waals surface area contributed by atoms with Gasteiger partial charge in [-0.25, -0.2) is 0 Å². The molecule has 0 radical (unpaired) electrons. The standard InChI is InChI=1S/C31H45N9O6/c1-21(32-2)28(43)34-24-11-6-10-23-19-39(37-36-23)17-16-38(20-27(41)42)15-13-33-29(44)25(18-22-8-4-3-5-9-22)35-30(45)26-12-7-14-40(26)31(24)46/h3-5,8-9,19,21,24-26,32H,6-7,10-18,20H2,1-2H3,(H,33,44)(H,34,43)(H,35,45)(H,41,42)/t21-,24-,25-,26-/m0/s1. The van der Waals surface area contributed by atoms with E-state index in [0.29, 0.717) is 57.4 Å². The molecule has 1 saturated heterocycles. The molecule has 0 saturated carbocycles. The molecule has 15 nitrogen and oxygen atoms in total. The highest BCUT2D eigenvalue weighted by Crippen LogP contribution is 2.21. The van der Waals surface area contributed by atoms with Crippen molar-refractivity contribution in [2.45, 2.75) is 76.2 Å². The molecule has 250 valence electrons. The predicted octanol–water partition coefficient (Wildman–Crippen LogP) is -1.07. The first-order chi connectivity index (χ1) is 22.1. The Bertz CT molecular complexity index is 1350. The number of amides is 4. The normalized spacial score (nSPS) is 23.1. The van der Waals surface area contributed by atoms with E-state index in [1.165, 1.54) is 4.90 Å². The fourth-order valence-corrected chi connectivity index (χ4v) is 5.73. The van der Waals surface area contributed by atoms with Crippen molar-refractivity contribution in [3.8, 4) is 0 Å². The molecule has 1 aromatic heterocycles. The van der Waals surface area contributed by atoms with Crippen LogP contribution in [0.4, 0.5) is 0 Å². The number of aromatic nitrogens is 3. The summed E-state index contributed by atoms with van der Waals surface area (Å²) in [6, 6.07) is 6.20. The van der Waals surface area contributed by atoms with Gasteiger partial charge >= 0.3 is 5.97 Å². The Kier molecular flexibility index (Phi) is 12.6. The summed E-state index contributed by atoms with van der Waals surface area (Å²) in [5.41, 5.74) is 1.55. The summed E-state index contributed by atoms with van der Waals surface area (Å²) in [6.07, 6.45) is 4.41. The minimum atomic E-state index is -0.990. The molecule has 4 amide bonds. The molecule has 1 fully saturated rings. The quantitative estimate of drug-likeness (QED) is 0.249. The number of carboxylic acids is 1. The third-order valence-corrected chi connectivity index (χ3v) is 8.44. The van der Waals surface area contributed by atoms with Crippen molar-refractivity contribution in [2.24, 2.45) is 0 Å². The molecular weight excluding hydrogens is 594 g/mol. The van der Waals surface area contributed by atoms with Crippen LogP contribution in [0.1, 0.15) is 43.9 Å². The van der Waals surface area contributed by atoms with Gasteiger partial charge in [0.1, 0.15) is 18.1 Å². The summed E-state index contributed by atoms with van der Waals surface area (Å²) in [6.45, 7) is 3.02. The predicted molar refractivity (Wildman–Crippen MR) is 167 cm³/mol. The third kappa shape index (κ3) is 9.81. The third-order valence-electron chi connectivity index (χ3n) is 8.44. The fourth-order valence-electron chi connectivity index (χ4n) is 5.73. The number of carbonyl (C=O) groups is 5. The van der Waals surface area contributed by atoms with Crippen LogP contribution in [0.25, 0.3) is 0 Å². The fraction of sp³-hybridized carbons (Fsp3) is 0.581. The smallest absolute Gasteiger partial charge is 0.317 e. The summed E-state index contributed by atoms with van der Waals surface area (Å²) >= 11 is 0. The maximum absolute atomic E-state index is 13.9. The SMILES string of the molecule is CN[C@@H](C)C(=O)N[C@H]1CCCc2cn(nn2)CCN(CC(=O)O)CCNC(=O)[C@H](Cc2ccccc2)NC(=O)[C@@H]2CCCN2C1=O. The molecule has 15 heteroatoms. The molecular formula is C31H45N9O6. The Hall–Kier alpha value is -4.37. The number of aliphatic carboxylic acids is 1. The van der Waals surface area contributed by atoms with Crippen LogP contribution in [0.5, 0.6) is 0 Å². The average molecular weight is 640 g/mol. The van der Waals surface area contributed by atoms with Crippen LogP contribution in [0.2, 0.25) is 0 Å². The minimum Gasteiger partial charge on any atom is -0.480 e. The second-order valence-electron chi connectivity index (χ2n) is 11.8. The van der Waals surface area contributed by atoms with Crippen LogP contribution in [0.15, 0.2) is 36.5 Å². The van der Waals surface area contributed by atoms with E-state index in [9.17, 15) is 29.1 Å². The molecule has 3 heterocycles. The second-order valence-corrected chi connectivity index (χ2v) is 11.8. The topological polar surface area (TPSA) is 191 Å². The molecule has 0 unspecified atom stereocenters. The van der Waals surface area contributed by atoms with E-state index >= 15 is 0 Å². The molecule has 4 rings (SSSR count). The first-order valence-corrected chi connectivity index (χ1v) is 15.9.